The Morgan fingerprint density at radius 3 is 2.71 bits per heavy atom. The third-order valence-corrected chi connectivity index (χ3v) is 7.34. The predicted molar refractivity (Wildman–Crippen MR) is 150 cm³/mol. The normalized spacial score (nSPS) is 15.6. The van der Waals surface area contributed by atoms with Crippen LogP contribution < -0.4 is 29.2 Å². The summed E-state index contributed by atoms with van der Waals surface area (Å²) in [6.07, 6.45) is 1.43. The Morgan fingerprint density at radius 1 is 1.13 bits per heavy atom. The molecule has 0 aromatic heterocycles. The van der Waals surface area contributed by atoms with Crippen LogP contribution in [0.3, 0.4) is 0 Å². The molecule has 8 nitrogen and oxygen atoms in total. The van der Waals surface area contributed by atoms with Crippen LogP contribution in [0.5, 0.6) is 23.0 Å². The smallest absolute Gasteiger partial charge is 0.270 e. The number of rotatable bonds is 6. The Labute approximate surface area is 241 Å². The van der Waals surface area contributed by atoms with E-state index in [1.165, 1.54) is 13.2 Å². The topological polar surface area (TPSA) is 86.3 Å². The van der Waals surface area contributed by atoms with E-state index in [2.05, 4.69) is 21.2 Å². The van der Waals surface area contributed by atoms with Crippen molar-refractivity contribution < 1.29 is 28.5 Å². The molecule has 2 heterocycles. The van der Waals surface area contributed by atoms with E-state index in [1.807, 2.05) is 18.2 Å². The Kier molecular flexibility index (Phi) is 7.49. The van der Waals surface area contributed by atoms with Gasteiger partial charge in [0.1, 0.15) is 12.2 Å². The minimum absolute atomic E-state index is 0.104. The molecule has 0 bridgehead atoms. The van der Waals surface area contributed by atoms with Gasteiger partial charge in [0.25, 0.3) is 11.8 Å². The minimum atomic E-state index is -0.652. The van der Waals surface area contributed by atoms with Gasteiger partial charge in [-0.05, 0) is 81.7 Å². The number of methoxy groups -OCH3 is 1. The van der Waals surface area contributed by atoms with Gasteiger partial charge in [0.05, 0.1) is 27.3 Å². The van der Waals surface area contributed by atoms with E-state index in [0.717, 1.165) is 10.5 Å². The van der Waals surface area contributed by atoms with Crippen molar-refractivity contribution in [2.75, 3.05) is 18.8 Å². The van der Waals surface area contributed by atoms with Crippen molar-refractivity contribution in [1.29, 1.82) is 0 Å². The predicted octanol–water partition coefficient (Wildman–Crippen LogP) is 5.90. The fourth-order valence-corrected chi connectivity index (χ4v) is 5.09. The number of halogens is 3. The Hall–Kier alpha value is -3.31. The fourth-order valence-electron chi connectivity index (χ4n) is 3.86. The van der Waals surface area contributed by atoms with Crippen molar-refractivity contribution in [3.05, 3.63) is 79.7 Å². The summed E-state index contributed by atoms with van der Waals surface area (Å²) in [6, 6.07) is 13.7. The van der Waals surface area contributed by atoms with E-state index < -0.39 is 11.8 Å². The van der Waals surface area contributed by atoms with Crippen molar-refractivity contribution in [3.63, 3.8) is 0 Å². The molecule has 3 aromatic rings. The van der Waals surface area contributed by atoms with Gasteiger partial charge in [0.2, 0.25) is 6.79 Å². The number of fused-ring (bicyclic) bond motifs is 1. The summed E-state index contributed by atoms with van der Waals surface area (Å²) in [5, 5.41) is 2.80. The lowest BCUT2D eigenvalue weighted by molar-refractivity contribution is -0.122. The van der Waals surface area contributed by atoms with Gasteiger partial charge in [-0.2, -0.15) is 0 Å². The number of carbonyl (C=O) groups is 2. The van der Waals surface area contributed by atoms with Gasteiger partial charge in [-0.15, -0.1) is 0 Å². The molecule has 0 unspecified atom stereocenters. The van der Waals surface area contributed by atoms with Crippen LogP contribution in [0.2, 0.25) is 10.0 Å². The molecule has 0 saturated carbocycles. The van der Waals surface area contributed by atoms with Gasteiger partial charge in [0, 0.05) is 0 Å². The zero-order chi connectivity index (χ0) is 27.0. The first-order chi connectivity index (χ1) is 18.3. The standard InChI is InChI=1S/C26H17BrCl2N2O6S/c1-34-21-10-14(8-16(27)23(21)35-11-13-5-6-19-20(9-13)37-12-36-19)7-15-24(32)30-26(38)31(25(15)33)18-4-2-3-17(28)22(18)29/h2-10H,11-12H2,1H3,(H,30,32,38)/b15-7+. The van der Waals surface area contributed by atoms with Crippen molar-refractivity contribution in [2.24, 2.45) is 0 Å². The first kappa shape index (κ1) is 26.3. The Balaban J connectivity index is 1.43. The van der Waals surface area contributed by atoms with Gasteiger partial charge in [-0.25, -0.2) is 0 Å². The fraction of sp³-hybridized carbons (Fsp3) is 0.115. The molecule has 1 N–H and O–H groups in total. The molecule has 194 valence electrons. The molecule has 38 heavy (non-hydrogen) atoms. The molecule has 2 amide bonds. The number of nitrogens with one attached hydrogen (secondary N) is 1. The first-order valence-corrected chi connectivity index (χ1v) is 13.0. The van der Waals surface area contributed by atoms with Gasteiger partial charge in [-0.1, -0.05) is 35.3 Å². The summed E-state index contributed by atoms with van der Waals surface area (Å²) in [7, 11) is 1.49. The molecular weight excluding hydrogens is 619 g/mol. The quantitative estimate of drug-likeness (QED) is 0.205. The zero-order valence-corrected chi connectivity index (χ0v) is 23.5. The second-order valence-corrected chi connectivity index (χ2v) is 10.1. The number of anilines is 1. The maximum Gasteiger partial charge on any atom is 0.270 e. The van der Waals surface area contributed by atoms with E-state index in [1.54, 1.807) is 30.3 Å². The van der Waals surface area contributed by atoms with Crippen LogP contribution in [0.4, 0.5) is 5.69 Å². The van der Waals surface area contributed by atoms with Crippen LogP contribution in [0, 0.1) is 0 Å². The monoisotopic (exact) mass is 634 g/mol. The van der Waals surface area contributed by atoms with E-state index in [4.69, 9.17) is 54.4 Å². The zero-order valence-electron chi connectivity index (χ0n) is 19.5. The lowest BCUT2D eigenvalue weighted by Crippen LogP contribution is -2.54. The first-order valence-electron chi connectivity index (χ1n) is 11.0. The summed E-state index contributed by atoms with van der Waals surface area (Å²) in [4.78, 5) is 27.2. The summed E-state index contributed by atoms with van der Waals surface area (Å²) in [5.74, 6) is 0.875. The van der Waals surface area contributed by atoms with Crippen LogP contribution in [-0.2, 0) is 16.2 Å². The number of carbonyl (C=O) groups excluding carboxylic acids is 2. The Bertz CT molecular complexity index is 1530. The largest absolute Gasteiger partial charge is 0.493 e. The van der Waals surface area contributed by atoms with Gasteiger partial charge >= 0.3 is 0 Å². The number of ether oxygens (including phenoxy) is 4. The second kappa shape index (κ2) is 10.8. The van der Waals surface area contributed by atoms with Crippen LogP contribution in [0.15, 0.2) is 58.6 Å². The maximum atomic E-state index is 13.4. The molecule has 0 aliphatic carbocycles. The summed E-state index contributed by atoms with van der Waals surface area (Å²) < 4.78 is 22.9. The molecule has 0 atom stereocenters. The van der Waals surface area contributed by atoms with Crippen LogP contribution in [0.25, 0.3) is 6.08 Å². The highest BCUT2D eigenvalue weighted by Crippen LogP contribution is 2.39. The maximum absolute atomic E-state index is 13.4. The molecule has 0 spiro atoms. The Morgan fingerprint density at radius 2 is 1.92 bits per heavy atom. The van der Waals surface area contributed by atoms with E-state index in [0.29, 0.717) is 33.0 Å². The average Bonchev–Trinajstić information content (AvgIpc) is 3.36. The molecule has 1 saturated heterocycles. The summed E-state index contributed by atoms with van der Waals surface area (Å²) in [5.41, 5.74) is 1.48. The SMILES string of the molecule is COc1cc(/C=C2\C(=O)NC(=S)N(c3cccc(Cl)c3Cl)C2=O)cc(Br)c1OCc1ccc2c(c1)OCO2. The van der Waals surface area contributed by atoms with E-state index in [9.17, 15) is 9.59 Å². The summed E-state index contributed by atoms with van der Waals surface area (Å²) in [6.45, 7) is 0.423. The molecule has 1 fully saturated rings. The van der Waals surface area contributed by atoms with Crippen molar-refractivity contribution in [1.82, 2.24) is 5.32 Å². The molecule has 12 heteroatoms. The number of hydrogen-bond donors (Lipinski definition) is 1. The highest BCUT2D eigenvalue weighted by atomic mass is 79.9. The number of benzene rings is 3. The number of nitrogens with zero attached hydrogens (tertiary/aromatic N) is 1. The summed E-state index contributed by atoms with van der Waals surface area (Å²) >= 11 is 21.2. The van der Waals surface area contributed by atoms with Crippen molar-refractivity contribution in [2.45, 2.75) is 6.61 Å². The number of hydrogen-bond acceptors (Lipinski definition) is 7. The van der Waals surface area contributed by atoms with E-state index in [-0.39, 0.29) is 39.8 Å². The number of amides is 2. The average molecular weight is 636 g/mol. The molecular formula is C26H17BrCl2N2O6S. The lowest BCUT2D eigenvalue weighted by atomic mass is 10.1. The van der Waals surface area contributed by atoms with Crippen LogP contribution in [-0.4, -0.2) is 30.8 Å². The van der Waals surface area contributed by atoms with Gasteiger partial charge in [0.15, 0.2) is 28.1 Å². The van der Waals surface area contributed by atoms with Gasteiger partial charge < -0.3 is 18.9 Å². The third-order valence-electron chi connectivity index (χ3n) is 5.66. The highest BCUT2D eigenvalue weighted by Gasteiger charge is 2.35. The molecule has 5 rings (SSSR count). The minimum Gasteiger partial charge on any atom is -0.493 e. The number of thiocarbonyl (C=S) groups is 1. The van der Waals surface area contributed by atoms with Crippen LogP contribution in [0.1, 0.15) is 11.1 Å². The lowest BCUT2D eigenvalue weighted by Gasteiger charge is -2.29. The molecule has 3 aromatic carbocycles. The van der Waals surface area contributed by atoms with Crippen molar-refractivity contribution >= 4 is 80.0 Å². The van der Waals surface area contributed by atoms with Crippen molar-refractivity contribution in [3.8, 4) is 23.0 Å². The van der Waals surface area contributed by atoms with E-state index >= 15 is 0 Å². The van der Waals surface area contributed by atoms with Gasteiger partial charge in [-0.3, -0.25) is 19.8 Å². The highest BCUT2D eigenvalue weighted by molar-refractivity contribution is 9.10. The molecule has 0 radical (unpaired) electrons. The third kappa shape index (κ3) is 5.04. The van der Waals surface area contributed by atoms with Crippen LogP contribution >= 0.6 is 51.3 Å². The molecule has 2 aliphatic rings. The molecule has 2 aliphatic heterocycles. The second-order valence-electron chi connectivity index (χ2n) is 8.04.